The summed E-state index contributed by atoms with van der Waals surface area (Å²) in [5.41, 5.74) is 2.15. The molecule has 4 heterocycles. The Balaban J connectivity index is 1.37. The molecule has 0 saturated heterocycles. The molecule has 1 N–H and O–H groups in total. The molecule has 0 saturated carbocycles. The van der Waals surface area contributed by atoms with Gasteiger partial charge in [0, 0.05) is 37.4 Å². The van der Waals surface area contributed by atoms with Gasteiger partial charge >= 0.3 is 0 Å². The molecule has 8 heteroatoms. The molecule has 0 aliphatic carbocycles. The third kappa shape index (κ3) is 3.50. The number of hydrogen-bond donors (Lipinski definition) is 1. The number of aromatic nitrogens is 6. The molecule has 3 aromatic heterocycles. The Bertz CT molecular complexity index is 1000. The van der Waals surface area contributed by atoms with Crippen molar-refractivity contribution >= 4 is 16.9 Å². The van der Waals surface area contributed by atoms with Crippen molar-refractivity contribution in [3.8, 4) is 0 Å². The number of hydrogen-bond acceptors (Lipinski definition) is 5. The Morgan fingerprint density at radius 2 is 2.14 bits per heavy atom. The number of carbonyl (C=O) groups excluding carboxylic acids is 1. The molecule has 1 aliphatic heterocycles. The van der Waals surface area contributed by atoms with Gasteiger partial charge in [-0.3, -0.25) is 4.79 Å². The molecule has 148 valence electrons. The van der Waals surface area contributed by atoms with Crippen LogP contribution in [0.15, 0.2) is 12.3 Å². The van der Waals surface area contributed by atoms with E-state index in [0.29, 0.717) is 12.1 Å². The third-order valence-corrected chi connectivity index (χ3v) is 5.29. The predicted molar refractivity (Wildman–Crippen MR) is 106 cm³/mol. The van der Waals surface area contributed by atoms with Gasteiger partial charge in [0.25, 0.3) is 5.91 Å². The Morgan fingerprint density at radius 1 is 1.29 bits per heavy atom. The van der Waals surface area contributed by atoms with Crippen LogP contribution in [0.3, 0.4) is 0 Å². The Morgan fingerprint density at radius 3 is 2.96 bits per heavy atom. The third-order valence-electron chi connectivity index (χ3n) is 5.29. The zero-order valence-electron chi connectivity index (χ0n) is 16.8. The Kier molecular flexibility index (Phi) is 5.11. The van der Waals surface area contributed by atoms with Crippen molar-refractivity contribution in [2.24, 2.45) is 0 Å². The zero-order valence-corrected chi connectivity index (χ0v) is 16.8. The smallest absolute Gasteiger partial charge is 0.253 e. The lowest BCUT2D eigenvalue weighted by atomic mass is 10.1. The van der Waals surface area contributed by atoms with Crippen molar-refractivity contribution in [3.63, 3.8) is 0 Å². The van der Waals surface area contributed by atoms with E-state index < -0.39 is 0 Å². The molecule has 0 unspecified atom stereocenters. The maximum absolute atomic E-state index is 12.6. The average molecular weight is 381 g/mol. The summed E-state index contributed by atoms with van der Waals surface area (Å²) >= 11 is 0. The molecule has 28 heavy (non-hydrogen) atoms. The molecule has 0 atom stereocenters. The van der Waals surface area contributed by atoms with Gasteiger partial charge in [-0.05, 0) is 46.1 Å². The fourth-order valence-corrected chi connectivity index (χ4v) is 3.77. The van der Waals surface area contributed by atoms with E-state index in [1.165, 1.54) is 12.8 Å². The van der Waals surface area contributed by atoms with Crippen molar-refractivity contribution in [2.45, 2.75) is 65.5 Å². The van der Waals surface area contributed by atoms with E-state index in [9.17, 15) is 4.79 Å². The zero-order chi connectivity index (χ0) is 19.7. The number of nitrogens with one attached hydrogen (secondary N) is 1. The van der Waals surface area contributed by atoms with Crippen LogP contribution in [0.25, 0.3) is 11.0 Å². The van der Waals surface area contributed by atoms with Crippen LogP contribution < -0.4 is 5.32 Å². The van der Waals surface area contributed by atoms with Crippen LogP contribution in [0.1, 0.15) is 66.9 Å². The Hall–Kier alpha value is -2.77. The molecular weight excluding hydrogens is 354 g/mol. The van der Waals surface area contributed by atoms with E-state index >= 15 is 0 Å². The van der Waals surface area contributed by atoms with Crippen LogP contribution in [0.4, 0.5) is 0 Å². The van der Waals surface area contributed by atoms with Crippen molar-refractivity contribution in [2.75, 3.05) is 6.54 Å². The highest BCUT2D eigenvalue weighted by atomic mass is 16.1. The van der Waals surface area contributed by atoms with Crippen molar-refractivity contribution in [1.82, 2.24) is 34.8 Å². The first-order chi connectivity index (χ1) is 13.5. The van der Waals surface area contributed by atoms with Gasteiger partial charge in [-0.1, -0.05) is 0 Å². The molecule has 3 aromatic rings. The maximum Gasteiger partial charge on any atom is 0.253 e. The fourth-order valence-electron chi connectivity index (χ4n) is 3.77. The molecule has 1 aliphatic rings. The monoisotopic (exact) mass is 381 g/mol. The Labute approximate surface area is 164 Å². The minimum absolute atomic E-state index is 0.0903. The number of carbonyl (C=O) groups is 1. The number of rotatable bonds is 6. The van der Waals surface area contributed by atoms with Crippen molar-refractivity contribution < 1.29 is 4.79 Å². The number of fused-ring (bicyclic) bond motifs is 2. The second-order valence-electron chi connectivity index (χ2n) is 7.72. The van der Waals surface area contributed by atoms with Crippen LogP contribution in [0.2, 0.25) is 0 Å². The second-order valence-corrected chi connectivity index (χ2v) is 7.72. The van der Waals surface area contributed by atoms with E-state index in [0.717, 1.165) is 54.2 Å². The van der Waals surface area contributed by atoms with Crippen LogP contribution in [-0.2, 0) is 19.4 Å². The minimum atomic E-state index is -0.0903. The molecular formula is C20H27N7O. The van der Waals surface area contributed by atoms with Gasteiger partial charge in [0.1, 0.15) is 11.6 Å². The summed E-state index contributed by atoms with van der Waals surface area (Å²) in [6.45, 7) is 7.62. The number of aryl methyl sites for hydroxylation is 3. The summed E-state index contributed by atoms with van der Waals surface area (Å²) in [7, 11) is 0. The minimum Gasteiger partial charge on any atom is -0.352 e. The molecule has 4 rings (SSSR count). The average Bonchev–Trinajstić information content (AvgIpc) is 3.28. The maximum atomic E-state index is 12.6. The van der Waals surface area contributed by atoms with Crippen molar-refractivity contribution in [3.05, 3.63) is 35.2 Å². The van der Waals surface area contributed by atoms with Gasteiger partial charge in [0.2, 0.25) is 0 Å². The highest BCUT2D eigenvalue weighted by Gasteiger charge is 2.17. The number of pyridine rings is 1. The SMILES string of the molecule is Cc1nc2c(cnn2C(C)C)cc1C(=O)NCCCc1nnc2n1CCCC2. The fraction of sp³-hybridized carbons (Fsp3) is 0.550. The van der Waals surface area contributed by atoms with E-state index in [1.807, 2.05) is 17.7 Å². The molecule has 0 fully saturated rings. The van der Waals surface area contributed by atoms with E-state index in [2.05, 4.69) is 44.0 Å². The lowest BCUT2D eigenvalue weighted by Gasteiger charge is -2.14. The van der Waals surface area contributed by atoms with Gasteiger partial charge < -0.3 is 9.88 Å². The highest BCUT2D eigenvalue weighted by molar-refractivity contribution is 5.98. The van der Waals surface area contributed by atoms with Crippen LogP contribution in [-0.4, -0.2) is 42.0 Å². The molecule has 0 aromatic carbocycles. The first-order valence-corrected chi connectivity index (χ1v) is 10.1. The first kappa shape index (κ1) is 18.6. The normalized spacial score (nSPS) is 13.9. The summed E-state index contributed by atoms with van der Waals surface area (Å²) in [5.74, 6) is 2.04. The van der Waals surface area contributed by atoms with Crippen molar-refractivity contribution in [1.29, 1.82) is 0 Å². The summed E-state index contributed by atoms with van der Waals surface area (Å²) < 4.78 is 4.11. The largest absolute Gasteiger partial charge is 0.352 e. The topological polar surface area (TPSA) is 90.5 Å². The number of amides is 1. The molecule has 0 spiro atoms. The lowest BCUT2D eigenvalue weighted by molar-refractivity contribution is 0.0952. The predicted octanol–water partition coefficient (Wildman–Crippen LogP) is 2.61. The van der Waals surface area contributed by atoms with Gasteiger partial charge in [0.15, 0.2) is 5.65 Å². The van der Waals surface area contributed by atoms with Gasteiger partial charge in [-0.25, -0.2) is 9.67 Å². The van der Waals surface area contributed by atoms with Gasteiger partial charge in [0.05, 0.1) is 17.5 Å². The summed E-state index contributed by atoms with van der Waals surface area (Å²) in [4.78, 5) is 17.2. The van der Waals surface area contributed by atoms with E-state index in [4.69, 9.17) is 0 Å². The molecule has 1 amide bonds. The van der Waals surface area contributed by atoms with E-state index in [1.54, 1.807) is 6.20 Å². The highest BCUT2D eigenvalue weighted by Crippen LogP contribution is 2.19. The molecule has 0 radical (unpaired) electrons. The van der Waals surface area contributed by atoms with Crippen LogP contribution in [0.5, 0.6) is 0 Å². The molecule has 0 bridgehead atoms. The standard InChI is InChI=1S/C20H27N7O/c1-13(2)27-19-15(12-22-27)11-16(14(3)23-19)20(28)21-9-6-8-18-25-24-17-7-4-5-10-26(17)18/h11-13H,4-10H2,1-3H3,(H,21,28). The summed E-state index contributed by atoms with van der Waals surface area (Å²) in [6.07, 6.45) is 6.84. The summed E-state index contributed by atoms with van der Waals surface area (Å²) in [6, 6.07) is 2.11. The number of nitrogens with zero attached hydrogens (tertiary/aromatic N) is 6. The molecule has 8 nitrogen and oxygen atoms in total. The second kappa shape index (κ2) is 7.69. The quantitative estimate of drug-likeness (QED) is 0.663. The van der Waals surface area contributed by atoms with Gasteiger partial charge in [-0.15, -0.1) is 10.2 Å². The summed E-state index contributed by atoms with van der Waals surface area (Å²) in [5, 5.41) is 16.9. The van der Waals surface area contributed by atoms with Gasteiger partial charge in [-0.2, -0.15) is 5.10 Å². The van der Waals surface area contributed by atoms with E-state index in [-0.39, 0.29) is 11.9 Å². The lowest BCUT2D eigenvalue weighted by Crippen LogP contribution is -2.26. The first-order valence-electron chi connectivity index (χ1n) is 10.1. The van der Waals surface area contributed by atoms with Crippen LogP contribution >= 0.6 is 0 Å². The van der Waals surface area contributed by atoms with Crippen LogP contribution in [0, 0.1) is 6.92 Å².